The van der Waals surface area contributed by atoms with E-state index in [2.05, 4.69) is 20.7 Å². The van der Waals surface area contributed by atoms with E-state index < -0.39 is 0 Å². The van der Waals surface area contributed by atoms with Gasteiger partial charge in [-0.1, -0.05) is 5.21 Å². The highest BCUT2D eigenvalue weighted by Crippen LogP contribution is 2.09. The molecule has 2 aromatic rings. The first-order valence-corrected chi connectivity index (χ1v) is 6.66. The molecule has 2 aromatic heterocycles. The third-order valence-electron chi connectivity index (χ3n) is 2.46. The molecule has 0 aliphatic rings. The molecule has 92 valence electrons. The molecule has 2 heterocycles. The maximum absolute atomic E-state index is 5.45. The Morgan fingerprint density at radius 3 is 2.94 bits per heavy atom. The molecular weight excluding hydrogens is 234 g/mol. The summed E-state index contributed by atoms with van der Waals surface area (Å²) in [6.07, 6.45) is 5.06. The zero-order chi connectivity index (χ0) is 12.1. The summed E-state index contributed by atoms with van der Waals surface area (Å²) in [5.74, 6) is 0. The topological polar surface area (TPSA) is 69.6 Å². The molecular formula is C11H17N5S. The molecule has 0 amide bonds. The summed E-state index contributed by atoms with van der Waals surface area (Å²) >= 11 is 1.66. The number of aryl methyl sites for hydroxylation is 2. The first-order chi connectivity index (χ1) is 8.28. The van der Waals surface area contributed by atoms with Gasteiger partial charge in [-0.2, -0.15) is 0 Å². The zero-order valence-corrected chi connectivity index (χ0v) is 10.8. The zero-order valence-electron chi connectivity index (χ0n) is 9.96. The predicted octanol–water partition coefficient (Wildman–Crippen LogP) is 1.37. The van der Waals surface area contributed by atoms with Crippen molar-refractivity contribution >= 4 is 11.3 Å². The maximum atomic E-state index is 5.45. The number of nitrogens with zero attached hydrogens (tertiary/aromatic N) is 4. The molecule has 2 N–H and O–H groups in total. The van der Waals surface area contributed by atoms with Gasteiger partial charge in [0.1, 0.15) is 0 Å². The summed E-state index contributed by atoms with van der Waals surface area (Å²) in [4.78, 5) is 4.40. The summed E-state index contributed by atoms with van der Waals surface area (Å²) in [7, 11) is 0. The van der Waals surface area contributed by atoms with E-state index in [9.17, 15) is 0 Å². The Labute approximate surface area is 105 Å². The van der Waals surface area contributed by atoms with E-state index >= 15 is 0 Å². The minimum absolute atomic E-state index is 0.703. The molecule has 0 aromatic carbocycles. The van der Waals surface area contributed by atoms with Crippen LogP contribution in [-0.4, -0.2) is 26.5 Å². The van der Waals surface area contributed by atoms with Crippen molar-refractivity contribution in [3.63, 3.8) is 0 Å². The van der Waals surface area contributed by atoms with Gasteiger partial charge in [0.2, 0.25) is 0 Å². The molecule has 0 atom stereocenters. The van der Waals surface area contributed by atoms with Crippen LogP contribution in [0.4, 0.5) is 0 Å². The van der Waals surface area contributed by atoms with Gasteiger partial charge in [-0.25, -0.2) is 9.67 Å². The van der Waals surface area contributed by atoms with Crippen molar-refractivity contribution in [2.75, 3.05) is 6.54 Å². The van der Waals surface area contributed by atoms with E-state index in [1.165, 1.54) is 0 Å². The lowest BCUT2D eigenvalue weighted by Crippen LogP contribution is -2.00. The lowest BCUT2D eigenvalue weighted by atomic mass is 10.2. The van der Waals surface area contributed by atoms with E-state index in [1.807, 2.05) is 17.8 Å². The molecule has 2 rings (SSSR count). The molecule has 0 aliphatic heterocycles. The second-order valence-corrected chi connectivity index (χ2v) is 5.07. The Balaban J connectivity index is 1.89. The van der Waals surface area contributed by atoms with Crippen molar-refractivity contribution in [3.05, 3.63) is 28.0 Å². The van der Waals surface area contributed by atoms with Crippen molar-refractivity contribution in [3.8, 4) is 0 Å². The molecule has 5 nitrogen and oxygen atoms in total. The van der Waals surface area contributed by atoms with Crippen molar-refractivity contribution < 1.29 is 0 Å². The molecule has 0 fully saturated rings. The summed E-state index contributed by atoms with van der Waals surface area (Å²) < 4.78 is 1.84. The number of hydrogen-bond donors (Lipinski definition) is 1. The van der Waals surface area contributed by atoms with Gasteiger partial charge in [0.15, 0.2) is 0 Å². The Bertz CT molecular complexity index is 462. The fourth-order valence-corrected chi connectivity index (χ4v) is 2.23. The standard InChI is InChI=1S/C11H17N5S/c1-9-13-11(8-17-9)7-16-6-10(14-15-16)4-2-3-5-12/h6,8H,2-5,7,12H2,1H3. The lowest BCUT2D eigenvalue weighted by molar-refractivity contribution is 0.639. The monoisotopic (exact) mass is 251 g/mol. The molecule has 17 heavy (non-hydrogen) atoms. The highest BCUT2D eigenvalue weighted by molar-refractivity contribution is 7.09. The van der Waals surface area contributed by atoms with E-state index in [0.717, 1.165) is 42.2 Å². The van der Waals surface area contributed by atoms with E-state index in [4.69, 9.17) is 5.73 Å². The SMILES string of the molecule is Cc1nc(Cn2cc(CCCCN)nn2)cs1. The Morgan fingerprint density at radius 1 is 1.35 bits per heavy atom. The van der Waals surface area contributed by atoms with Gasteiger partial charge >= 0.3 is 0 Å². The van der Waals surface area contributed by atoms with Crippen LogP contribution in [0.25, 0.3) is 0 Å². The maximum Gasteiger partial charge on any atom is 0.0898 e. The highest BCUT2D eigenvalue weighted by Gasteiger charge is 2.03. The number of hydrogen-bond acceptors (Lipinski definition) is 5. The van der Waals surface area contributed by atoms with Gasteiger partial charge in [-0.3, -0.25) is 0 Å². The molecule has 0 saturated heterocycles. The van der Waals surface area contributed by atoms with Crippen LogP contribution in [-0.2, 0) is 13.0 Å². The summed E-state index contributed by atoms with van der Waals surface area (Å²) in [5.41, 5.74) is 7.53. The fourth-order valence-electron chi connectivity index (χ4n) is 1.63. The van der Waals surface area contributed by atoms with Crippen LogP contribution in [0.2, 0.25) is 0 Å². The molecule has 0 radical (unpaired) electrons. The number of nitrogens with two attached hydrogens (primary N) is 1. The number of thiazole rings is 1. The minimum atomic E-state index is 0.703. The molecule has 0 aliphatic carbocycles. The fraction of sp³-hybridized carbons (Fsp3) is 0.545. The third-order valence-corrected chi connectivity index (χ3v) is 3.29. The Morgan fingerprint density at radius 2 is 2.24 bits per heavy atom. The van der Waals surface area contributed by atoms with Gasteiger partial charge in [0.05, 0.1) is 22.9 Å². The summed E-state index contributed by atoms with van der Waals surface area (Å²) in [5, 5.41) is 11.4. The third kappa shape index (κ3) is 3.61. The molecule has 0 bridgehead atoms. The average molecular weight is 251 g/mol. The highest BCUT2D eigenvalue weighted by atomic mass is 32.1. The Kier molecular flexibility index (Phi) is 4.22. The van der Waals surface area contributed by atoms with E-state index in [0.29, 0.717) is 6.54 Å². The number of aromatic nitrogens is 4. The van der Waals surface area contributed by atoms with Crippen molar-refractivity contribution in [1.82, 2.24) is 20.0 Å². The van der Waals surface area contributed by atoms with Crippen LogP contribution in [0, 0.1) is 6.92 Å². The predicted molar refractivity (Wildman–Crippen MR) is 68.0 cm³/mol. The number of unbranched alkanes of at least 4 members (excludes halogenated alkanes) is 1. The summed E-state index contributed by atoms with van der Waals surface area (Å²) in [6, 6.07) is 0. The normalized spacial score (nSPS) is 10.9. The first-order valence-electron chi connectivity index (χ1n) is 5.78. The van der Waals surface area contributed by atoms with Crippen molar-refractivity contribution in [2.45, 2.75) is 32.7 Å². The first kappa shape index (κ1) is 12.2. The number of rotatable bonds is 6. The molecule has 0 saturated carbocycles. The van der Waals surface area contributed by atoms with Crippen molar-refractivity contribution in [2.24, 2.45) is 5.73 Å². The molecule has 6 heteroatoms. The van der Waals surface area contributed by atoms with Gasteiger partial charge < -0.3 is 5.73 Å². The minimum Gasteiger partial charge on any atom is -0.330 e. The van der Waals surface area contributed by atoms with E-state index in [-0.39, 0.29) is 0 Å². The van der Waals surface area contributed by atoms with E-state index in [1.54, 1.807) is 11.3 Å². The van der Waals surface area contributed by atoms with Crippen LogP contribution in [0.5, 0.6) is 0 Å². The second-order valence-electron chi connectivity index (χ2n) is 4.01. The van der Waals surface area contributed by atoms with Crippen LogP contribution in [0.3, 0.4) is 0 Å². The molecule has 0 spiro atoms. The van der Waals surface area contributed by atoms with Gasteiger partial charge in [-0.05, 0) is 32.7 Å². The van der Waals surface area contributed by atoms with Gasteiger partial charge in [0, 0.05) is 11.6 Å². The average Bonchev–Trinajstić information content (AvgIpc) is 2.90. The van der Waals surface area contributed by atoms with Crippen LogP contribution in [0.15, 0.2) is 11.6 Å². The van der Waals surface area contributed by atoms with Gasteiger partial charge in [-0.15, -0.1) is 16.4 Å². The second kappa shape index (κ2) is 5.88. The van der Waals surface area contributed by atoms with Crippen LogP contribution in [0.1, 0.15) is 29.2 Å². The van der Waals surface area contributed by atoms with Gasteiger partial charge in [0.25, 0.3) is 0 Å². The van der Waals surface area contributed by atoms with Crippen LogP contribution >= 0.6 is 11.3 Å². The summed E-state index contributed by atoms with van der Waals surface area (Å²) in [6.45, 7) is 3.45. The van der Waals surface area contributed by atoms with Crippen LogP contribution < -0.4 is 5.73 Å². The lowest BCUT2D eigenvalue weighted by Gasteiger charge is -1.95. The molecule has 0 unspecified atom stereocenters. The Hall–Kier alpha value is -1.27. The smallest absolute Gasteiger partial charge is 0.0898 e. The quantitative estimate of drug-likeness (QED) is 0.787. The van der Waals surface area contributed by atoms with Crippen molar-refractivity contribution in [1.29, 1.82) is 0 Å². The largest absolute Gasteiger partial charge is 0.330 e.